The zero-order chi connectivity index (χ0) is 12.3. The van der Waals surface area contributed by atoms with Crippen LogP contribution in [0.4, 0.5) is 5.82 Å². The fraction of sp³-hybridized carbons (Fsp3) is 0.500. The number of hydrogen-bond acceptors (Lipinski definition) is 5. The van der Waals surface area contributed by atoms with E-state index in [1.165, 1.54) is 0 Å². The molecule has 90 valence electrons. The molecule has 2 rings (SSSR count). The lowest BCUT2D eigenvalue weighted by atomic mass is 10.2. The van der Waals surface area contributed by atoms with Gasteiger partial charge in [0.15, 0.2) is 6.10 Å². The molecule has 0 spiro atoms. The van der Waals surface area contributed by atoms with Gasteiger partial charge in [0.25, 0.3) is 0 Å². The topological polar surface area (TPSA) is 69.4 Å². The Morgan fingerprint density at radius 3 is 3.06 bits per heavy atom. The van der Waals surface area contributed by atoms with E-state index in [1.54, 1.807) is 13.1 Å². The third kappa shape index (κ3) is 2.73. The van der Waals surface area contributed by atoms with Crippen LogP contribution < -0.4 is 4.90 Å². The van der Waals surface area contributed by atoms with Gasteiger partial charge in [0.1, 0.15) is 5.82 Å². The summed E-state index contributed by atoms with van der Waals surface area (Å²) < 4.78 is 5.27. The molecule has 5 nitrogen and oxygen atoms in total. The number of ether oxygens (including phenoxy) is 1. The van der Waals surface area contributed by atoms with E-state index in [0.717, 1.165) is 17.9 Å². The number of aliphatic hydroxyl groups excluding tert-OH is 1. The molecule has 1 saturated heterocycles. The fourth-order valence-electron chi connectivity index (χ4n) is 1.77. The average Bonchev–Trinajstić information content (AvgIpc) is 2.39. The number of nitrogens with zero attached hydrogens (tertiary/aromatic N) is 3. The van der Waals surface area contributed by atoms with Crippen molar-refractivity contribution in [3.05, 3.63) is 23.9 Å². The van der Waals surface area contributed by atoms with Gasteiger partial charge in [-0.25, -0.2) is 4.98 Å². The van der Waals surface area contributed by atoms with Gasteiger partial charge in [-0.2, -0.15) is 5.26 Å². The highest BCUT2D eigenvalue weighted by atomic mass is 16.5. The normalized spacial score (nSPS) is 21.9. The number of nitriles is 1. The zero-order valence-corrected chi connectivity index (χ0v) is 9.71. The van der Waals surface area contributed by atoms with E-state index >= 15 is 0 Å². The molecule has 0 aromatic carbocycles. The summed E-state index contributed by atoms with van der Waals surface area (Å²) in [5.74, 6) is 0.818. The molecular weight excluding hydrogens is 218 g/mol. The van der Waals surface area contributed by atoms with Crippen LogP contribution in [0.25, 0.3) is 0 Å². The first-order chi connectivity index (χ1) is 8.20. The summed E-state index contributed by atoms with van der Waals surface area (Å²) in [5, 5.41) is 18.2. The van der Waals surface area contributed by atoms with Crippen molar-refractivity contribution in [2.75, 3.05) is 24.6 Å². The van der Waals surface area contributed by atoms with Crippen LogP contribution in [0.5, 0.6) is 0 Å². The Hall–Kier alpha value is -1.64. The van der Waals surface area contributed by atoms with Crippen LogP contribution in [0.15, 0.2) is 18.3 Å². The molecule has 0 radical (unpaired) electrons. The molecule has 2 atom stereocenters. The van der Waals surface area contributed by atoms with Gasteiger partial charge in [0.05, 0.1) is 25.3 Å². The lowest BCUT2D eigenvalue weighted by molar-refractivity contribution is 0.0761. The maximum absolute atomic E-state index is 9.39. The molecule has 1 aromatic rings. The van der Waals surface area contributed by atoms with Crippen molar-refractivity contribution in [2.24, 2.45) is 0 Å². The van der Waals surface area contributed by atoms with Crippen molar-refractivity contribution in [3.63, 3.8) is 0 Å². The van der Waals surface area contributed by atoms with Crippen LogP contribution in [-0.2, 0) is 4.74 Å². The number of hydrogen-bond donors (Lipinski definition) is 1. The first-order valence-electron chi connectivity index (χ1n) is 5.61. The Morgan fingerprint density at radius 2 is 2.47 bits per heavy atom. The quantitative estimate of drug-likeness (QED) is 0.820. The Kier molecular flexibility index (Phi) is 3.57. The third-order valence-electron chi connectivity index (χ3n) is 2.79. The highest BCUT2D eigenvalue weighted by Gasteiger charge is 2.20. The van der Waals surface area contributed by atoms with Gasteiger partial charge in [-0.1, -0.05) is 6.07 Å². The van der Waals surface area contributed by atoms with Gasteiger partial charge in [-0.05, 0) is 18.6 Å². The van der Waals surface area contributed by atoms with E-state index < -0.39 is 6.10 Å². The van der Waals surface area contributed by atoms with Crippen molar-refractivity contribution >= 4 is 5.82 Å². The molecule has 0 amide bonds. The van der Waals surface area contributed by atoms with E-state index in [-0.39, 0.29) is 6.10 Å². The first kappa shape index (κ1) is 11.8. The number of aliphatic hydroxyl groups is 1. The monoisotopic (exact) mass is 233 g/mol. The summed E-state index contributed by atoms with van der Waals surface area (Å²) in [6.45, 7) is 3.52. The minimum Gasteiger partial charge on any atom is -0.389 e. The molecule has 1 fully saturated rings. The molecule has 17 heavy (non-hydrogen) atoms. The van der Waals surface area contributed by atoms with Gasteiger partial charge >= 0.3 is 0 Å². The van der Waals surface area contributed by atoms with Crippen LogP contribution in [0, 0.1) is 11.3 Å². The molecule has 2 heterocycles. The molecule has 1 aliphatic heterocycles. The lowest BCUT2D eigenvalue weighted by Gasteiger charge is -2.30. The zero-order valence-electron chi connectivity index (χ0n) is 9.71. The summed E-state index contributed by atoms with van der Waals surface area (Å²) in [5.41, 5.74) is 0.791. The van der Waals surface area contributed by atoms with Crippen molar-refractivity contribution in [3.8, 4) is 6.07 Å². The molecule has 1 unspecified atom stereocenters. The Balaban J connectivity index is 2.09. The van der Waals surface area contributed by atoms with Gasteiger partial charge in [0.2, 0.25) is 0 Å². The maximum atomic E-state index is 9.39. The van der Waals surface area contributed by atoms with Gasteiger partial charge in [0, 0.05) is 12.7 Å². The van der Waals surface area contributed by atoms with Crippen LogP contribution >= 0.6 is 0 Å². The molecule has 0 bridgehead atoms. The smallest absolute Gasteiger partial charge is 0.161 e. The van der Waals surface area contributed by atoms with E-state index in [2.05, 4.69) is 11.1 Å². The van der Waals surface area contributed by atoms with Gasteiger partial charge < -0.3 is 14.7 Å². The third-order valence-corrected chi connectivity index (χ3v) is 2.79. The predicted octanol–water partition coefficient (Wildman–Crippen LogP) is 0.864. The molecule has 0 saturated carbocycles. The molecule has 1 aromatic heterocycles. The molecule has 0 aliphatic carbocycles. The largest absolute Gasteiger partial charge is 0.389 e. The summed E-state index contributed by atoms with van der Waals surface area (Å²) in [6, 6.07) is 5.82. The summed E-state index contributed by atoms with van der Waals surface area (Å²) in [7, 11) is 0. The standard InChI is InChI=1S/C12H15N3O2/c1-9(16)10-2-3-12(14-7-10)15-4-5-17-11(6-13)8-15/h2-3,7,9,11,16H,4-5,8H2,1H3/t9-,11?/m0/s1. The fourth-order valence-corrected chi connectivity index (χ4v) is 1.77. The van der Waals surface area contributed by atoms with Crippen LogP contribution in [0.2, 0.25) is 0 Å². The summed E-state index contributed by atoms with van der Waals surface area (Å²) >= 11 is 0. The second-order valence-corrected chi connectivity index (χ2v) is 4.06. The molecule has 1 N–H and O–H groups in total. The lowest BCUT2D eigenvalue weighted by Crippen LogP contribution is -2.42. The molecule has 5 heteroatoms. The van der Waals surface area contributed by atoms with E-state index in [9.17, 15) is 5.11 Å². The SMILES string of the molecule is C[C@H](O)c1ccc(N2CCOC(C#N)C2)nc1. The minimum absolute atomic E-state index is 0.387. The van der Waals surface area contributed by atoms with Crippen molar-refractivity contribution in [2.45, 2.75) is 19.1 Å². The van der Waals surface area contributed by atoms with Crippen molar-refractivity contribution < 1.29 is 9.84 Å². The number of morpholine rings is 1. The number of rotatable bonds is 2. The second kappa shape index (κ2) is 5.13. The first-order valence-corrected chi connectivity index (χ1v) is 5.61. The number of pyridine rings is 1. The maximum Gasteiger partial charge on any atom is 0.161 e. The van der Waals surface area contributed by atoms with Gasteiger partial charge in [-0.3, -0.25) is 0 Å². The van der Waals surface area contributed by atoms with Crippen LogP contribution in [0.3, 0.4) is 0 Å². The molecule has 1 aliphatic rings. The average molecular weight is 233 g/mol. The minimum atomic E-state index is -0.506. The number of anilines is 1. The van der Waals surface area contributed by atoms with E-state index in [1.807, 2.05) is 17.0 Å². The highest BCUT2D eigenvalue weighted by Crippen LogP contribution is 2.17. The highest BCUT2D eigenvalue weighted by molar-refractivity contribution is 5.40. The number of aromatic nitrogens is 1. The van der Waals surface area contributed by atoms with Crippen LogP contribution in [-0.4, -0.2) is 35.9 Å². The predicted molar refractivity (Wildman–Crippen MR) is 62.4 cm³/mol. The Labute approximate surface area is 100 Å². The Morgan fingerprint density at radius 1 is 1.65 bits per heavy atom. The van der Waals surface area contributed by atoms with Crippen molar-refractivity contribution in [1.82, 2.24) is 4.98 Å². The second-order valence-electron chi connectivity index (χ2n) is 4.06. The summed E-state index contributed by atoms with van der Waals surface area (Å²) in [6.07, 6.45) is 0.770. The van der Waals surface area contributed by atoms with Crippen molar-refractivity contribution in [1.29, 1.82) is 5.26 Å². The summed E-state index contributed by atoms with van der Waals surface area (Å²) in [4.78, 5) is 6.31. The molecular formula is C12H15N3O2. The van der Waals surface area contributed by atoms with E-state index in [0.29, 0.717) is 13.2 Å². The Bertz CT molecular complexity index is 411. The van der Waals surface area contributed by atoms with E-state index in [4.69, 9.17) is 10.00 Å². The van der Waals surface area contributed by atoms with Gasteiger partial charge in [-0.15, -0.1) is 0 Å². The van der Waals surface area contributed by atoms with Crippen LogP contribution in [0.1, 0.15) is 18.6 Å².